The summed E-state index contributed by atoms with van der Waals surface area (Å²) in [6.45, 7) is 6.79. The van der Waals surface area contributed by atoms with Gasteiger partial charge in [-0.05, 0) is 95.5 Å². The molecule has 2 aromatic carbocycles. The minimum atomic E-state index is -4.77. The van der Waals surface area contributed by atoms with Gasteiger partial charge in [0.25, 0.3) is 15.9 Å². The van der Waals surface area contributed by atoms with E-state index in [9.17, 15) is 35.9 Å². The van der Waals surface area contributed by atoms with Crippen LogP contribution in [0.2, 0.25) is 0 Å². The van der Waals surface area contributed by atoms with Crippen LogP contribution in [0.5, 0.6) is 0 Å². The van der Waals surface area contributed by atoms with Gasteiger partial charge in [-0.1, -0.05) is 30.3 Å². The van der Waals surface area contributed by atoms with Crippen LogP contribution in [0.4, 0.5) is 4.39 Å². The normalized spacial score (nSPS) is 21.2. The van der Waals surface area contributed by atoms with Gasteiger partial charge in [0.1, 0.15) is 5.82 Å². The summed E-state index contributed by atoms with van der Waals surface area (Å²) in [5.41, 5.74) is 0.0893. The predicted octanol–water partition coefficient (Wildman–Crippen LogP) is 2.99. The summed E-state index contributed by atoms with van der Waals surface area (Å²) in [7, 11) is -7.16. The van der Waals surface area contributed by atoms with Crippen LogP contribution in [0.3, 0.4) is 0 Å². The lowest BCUT2D eigenvalue weighted by Crippen LogP contribution is -2.57. The number of hydrogen-bond acceptors (Lipinski definition) is 8. The number of amides is 2. The summed E-state index contributed by atoms with van der Waals surface area (Å²) < 4.78 is 74.6. The van der Waals surface area contributed by atoms with Gasteiger partial charge in [-0.2, -0.15) is 0 Å². The molecule has 6 unspecified atom stereocenters. The maximum atomic E-state index is 14.2. The minimum Gasteiger partial charge on any atom is -0.391 e. The van der Waals surface area contributed by atoms with Crippen LogP contribution in [-0.2, 0) is 40.8 Å². The highest BCUT2D eigenvalue weighted by atomic mass is 32.2. The number of hydrogen-bond donors (Lipinski definition) is 3. The molecule has 256 valence electrons. The van der Waals surface area contributed by atoms with Gasteiger partial charge in [-0.25, -0.2) is 30.3 Å². The summed E-state index contributed by atoms with van der Waals surface area (Å²) >= 11 is 0. The van der Waals surface area contributed by atoms with Crippen molar-refractivity contribution in [3.05, 3.63) is 66.0 Å². The molecule has 1 fully saturated rings. The van der Waals surface area contributed by atoms with Crippen LogP contribution in [0, 0.1) is 17.7 Å². The highest BCUT2D eigenvalue weighted by Gasteiger charge is 2.44. The van der Waals surface area contributed by atoms with Crippen molar-refractivity contribution in [1.29, 1.82) is 0 Å². The number of rotatable bonds is 13. The van der Waals surface area contributed by atoms with Gasteiger partial charge in [-0.3, -0.25) is 9.59 Å². The van der Waals surface area contributed by atoms with Gasteiger partial charge in [0.2, 0.25) is 15.9 Å². The second kappa shape index (κ2) is 15.3. The molecule has 1 saturated carbocycles. The Kier molecular flexibility index (Phi) is 12.5. The molecule has 11 nitrogen and oxygen atoms in total. The van der Waals surface area contributed by atoms with E-state index in [0.29, 0.717) is 29.1 Å². The number of nitrogens with one attached hydrogen (secondary N) is 2. The van der Waals surface area contributed by atoms with Crippen LogP contribution in [0.15, 0.2) is 59.5 Å². The van der Waals surface area contributed by atoms with Crippen LogP contribution in [0.1, 0.15) is 58.9 Å². The molecule has 46 heavy (non-hydrogen) atoms. The SMILES string of the molecule is COC1CCC(C(=O)NC(C)(C)C)C(CC(O)C(Cc2ccccc2)N(C(=O)C(C)NS(C)(=O)=O)S(=O)(=O)c2ccc(F)cc2)C1. The molecule has 0 heterocycles. The van der Waals surface area contributed by atoms with Crippen LogP contribution < -0.4 is 10.0 Å². The third-order valence-corrected chi connectivity index (χ3v) is 10.6. The van der Waals surface area contributed by atoms with Gasteiger partial charge >= 0.3 is 0 Å². The number of aliphatic hydroxyl groups excluding tert-OH is 1. The van der Waals surface area contributed by atoms with Gasteiger partial charge in [-0.15, -0.1) is 0 Å². The summed E-state index contributed by atoms with van der Waals surface area (Å²) in [6.07, 6.45) is 0.486. The van der Waals surface area contributed by atoms with Gasteiger partial charge in [0, 0.05) is 18.6 Å². The van der Waals surface area contributed by atoms with Gasteiger partial charge in [0.15, 0.2) is 0 Å². The van der Waals surface area contributed by atoms with E-state index in [1.165, 1.54) is 6.92 Å². The number of halogens is 1. The highest BCUT2D eigenvalue weighted by molar-refractivity contribution is 7.90. The summed E-state index contributed by atoms with van der Waals surface area (Å²) in [4.78, 5) is 27.0. The Balaban J connectivity index is 2.13. The zero-order chi connectivity index (χ0) is 34.4. The van der Waals surface area contributed by atoms with Crippen molar-refractivity contribution in [2.75, 3.05) is 13.4 Å². The number of benzene rings is 2. The van der Waals surface area contributed by atoms with E-state index < -0.39 is 72.2 Å². The van der Waals surface area contributed by atoms with Crippen molar-refractivity contribution >= 4 is 31.9 Å². The molecule has 0 radical (unpaired) electrons. The molecular formula is C32H46FN3O8S2. The Labute approximate surface area is 272 Å². The van der Waals surface area contributed by atoms with Crippen molar-refractivity contribution in [3.63, 3.8) is 0 Å². The van der Waals surface area contributed by atoms with E-state index in [-0.39, 0.29) is 24.9 Å². The summed E-state index contributed by atoms with van der Waals surface area (Å²) in [5.74, 6) is -2.98. The minimum absolute atomic E-state index is 0.0593. The maximum Gasteiger partial charge on any atom is 0.266 e. The fourth-order valence-electron chi connectivity index (χ4n) is 5.94. The molecule has 0 aliphatic heterocycles. The van der Waals surface area contributed by atoms with E-state index in [1.807, 2.05) is 20.8 Å². The third kappa shape index (κ3) is 10.3. The molecule has 0 bridgehead atoms. The molecule has 6 atom stereocenters. The van der Waals surface area contributed by atoms with E-state index in [0.717, 1.165) is 30.5 Å². The Hall–Kier alpha value is -2.91. The van der Waals surface area contributed by atoms with E-state index in [4.69, 9.17) is 4.74 Å². The van der Waals surface area contributed by atoms with Crippen LogP contribution >= 0.6 is 0 Å². The number of carbonyl (C=O) groups is 2. The van der Waals surface area contributed by atoms with E-state index >= 15 is 0 Å². The van der Waals surface area contributed by atoms with E-state index in [1.54, 1.807) is 37.4 Å². The molecule has 0 saturated heterocycles. The van der Waals surface area contributed by atoms with Crippen molar-refractivity contribution in [3.8, 4) is 0 Å². The third-order valence-electron chi connectivity index (χ3n) is 8.03. The largest absolute Gasteiger partial charge is 0.391 e. The Morgan fingerprint density at radius 2 is 1.65 bits per heavy atom. The molecule has 2 amide bonds. The second-order valence-electron chi connectivity index (χ2n) is 13.0. The second-order valence-corrected chi connectivity index (χ2v) is 16.6. The highest BCUT2D eigenvalue weighted by Crippen LogP contribution is 2.37. The first-order chi connectivity index (χ1) is 21.3. The number of carbonyl (C=O) groups excluding carboxylic acids is 2. The van der Waals surface area contributed by atoms with E-state index in [2.05, 4.69) is 10.0 Å². The van der Waals surface area contributed by atoms with Gasteiger partial charge < -0.3 is 15.2 Å². The first kappa shape index (κ1) is 37.5. The van der Waals surface area contributed by atoms with Crippen molar-refractivity contribution in [2.45, 2.75) is 94.5 Å². The zero-order valence-corrected chi connectivity index (χ0v) is 28.8. The average Bonchev–Trinajstić information content (AvgIpc) is 2.95. The summed E-state index contributed by atoms with van der Waals surface area (Å²) in [6, 6.07) is 9.55. The molecule has 14 heteroatoms. The monoisotopic (exact) mass is 683 g/mol. The first-order valence-corrected chi connectivity index (χ1v) is 18.5. The molecule has 3 N–H and O–H groups in total. The molecule has 1 aliphatic rings. The summed E-state index contributed by atoms with van der Waals surface area (Å²) in [5, 5.41) is 15.0. The van der Waals surface area contributed by atoms with Crippen LogP contribution in [0.25, 0.3) is 0 Å². The topological polar surface area (TPSA) is 159 Å². The molecule has 3 rings (SSSR count). The van der Waals surface area contributed by atoms with Crippen LogP contribution in [-0.4, -0.2) is 81.3 Å². The van der Waals surface area contributed by atoms with Crippen molar-refractivity contribution in [1.82, 2.24) is 14.3 Å². The Morgan fingerprint density at radius 3 is 2.20 bits per heavy atom. The fourth-order valence-corrected chi connectivity index (χ4v) is 8.36. The molecule has 2 aromatic rings. The lowest BCUT2D eigenvalue weighted by Gasteiger charge is -2.40. The van der Waals surface area contributed by atoms with Crippen molar-refractivity contribution in [2.24, 2.45) is 11.8 Å². The Morgan fingerprint density at radius 1 is 1.04 bits per heavy atom. The van der Waals surface area contributed by atoms with Gasteiger partial charge in [0.05, 0.1) is 35.4 Å². The molecule has 0 spiro atoms. The lowest BCUT2D eigenvalue weighted by molar-refractivity contribution is -0.134. The number of sulfonamides is 2. The lowest BCUT2D eigenvalue weighted by atomic mass is 9.73. The fraction of sp³-hybridized carbons (Fsp3) is 0.562. The maximum absolute atomic E-state index is 14.2. The molecule has 0 aromatic heterocycles. The standard InChI is InChI=1S/C32H46FN3O8S2/c1-21(35-45(6,40)41)31(39)36(46(42,43)26-15-12-24(33)13-16-26)28(18-22-10-8-7-9-11-22)29(37)20-23-19-25(44-5)14-17-27(23)30(38)34-32(2,3)4/h7-13,15-16,21,23,25,27-29,35,37H,14,17-20H2,1-6H3,(H,34,38). The number of aliphatic hydroxyl groups is 1. The quantitative estimate of drug-likeness (QED) is 0.291. The molecule has 1 aliphatic carbocycles. The number of methoxy groups -OCH3 is 1. The van der Waals surface area contributed by atoms with Crippen molar-refractivity contribution < 1.29 is 40.7 Å². The predicted molar refractivity (Wildman–Crippen MR) is 172 cm³/mol. The smallest absolute Gasteiger partial charge is 0.266 e. The molecular weight excluding hydrogens is 637 g/mol. The average molecular weight is 684 g/mol. The Bertz CT molecular complexity index is 1550. The zero-order valence-electron chi connectivity index (χ0n) is 27.1. The first-order valence-electron chi connectivity index (χ1n) is 15.2. The number of ether oxygens (including phenoxy) is 1. The number of nitrogens with zero attached hydrogens (tertiary/aromatic N) is 1.